The molecule has 2 heterocycles. The second-order valence-electron chi connectivity index (χ2n) is 3.51. The van der Waals surface area contributed by atoms with Gasteiger partial charge >= 0.3 is 0 Å². The Morgan fingerprint density at radius 3 is 3.07 bits per heavy atom. The SMILES string of the molecule is Cn1nccc1C(NN)C1CSCCS1. The molecule has 1 aromatic rings. The van der Waals surface area contributed by atoms with Gasteiger partial charge in [0.1, 0.15) is 0 Å². The molecule has 2 unspecified atom stereocenters. The van der Waals surface area contributed by atoms with Gasteiger partial charge in [-0.3, -0.25) is 16.0 Å². The van der Waals surface area contributed by atoms with Crippen LogP contribution in [0.2, 0.25) is 0 Å². The van der Waals surface area contributed by atoms with Crippen molar-refractivity contribution < 1.29 is 0 Å². The number of aromatic nitrogens is 2. The summed E-state index contributed by atoms with van der Waals surface area (Å²) < 4.78 is 1.89. The predicted octanol–water partition coefficient (Wildman–Crippen LogP) is 0.773. The average molecular weight is 244 g/mol. The minimum absolute atomic E-state index is 0.204. The van der Waals surface area contributed by atoms with E-state index in [0.717, 1.165) is 11.4 Å². The lowest BCUT2D eigenvalue weighted by molar-refractivity contribution is 0.509. The Bertz CT molecular complexity index is 309. The number of hydrazine groups is 1. The van der Waals surface area contributed by atoms with Gasteiger partial charge in [-0.25, -0.2) is 0 Å². The van der Waals surface area contributed by atoms with Crippen molar-refractivity contribution in [3.05, 3.63) is 18.0 Å². The van der Waals surface area contributed by atoms with E-state index in [9.17, 15) is 0 Å². The van der Waals surface area contributed by atoms with Crippen LogP contribution in [0.25, 0.3) is 0 Å². The topological polar surface area (TPSA) is 55.9 Å². The average Bonchev–Trinajstić information content (AvgIpc) is 2.68. The van der Waals surface area contributed by atoms with E-state index in [0.29, 0.717) is 5.25 Å². The number of hydrogen-bond donors (Lipinski definition) is 2. The molecular formula is C9H16N4S2. The smallest absolute Gasteiger partial charge is 0.0755 e. The minimum Gasteiger partial charge on any atom is -0.271 e. The molecule has 0 radical (unpaired) electrons. The summed E-state index contributed by atoms with van der Waals surface area (Å²) in [5.41, 5.74) is 4.08. The lowest BCUT2D eigenvalue weighted by atomic mass is 10.1. The minimum atomic E-state index is 0.204. The Balaban J connectivity index is 2.12. The molecule has 4 nitrogen and oxygen atoms in total. The Kier molecular flexibility index (Phi) is 3.96. The monoisotopic (exact) mass is 244 g/mol. The van der Waals surface area contributed by atoms with Crippen LogP contribution in [-0.4, -0.2) is 32.3 Å². The van der Waals surface area contributed by atoms with Gasteiger partial charge < -0.3 is 0 Å². The zero-order valence-electron chi connectivity index (χ0n) is 8.72. The fourth-order valence-electron chi connectivity index (χ4n) is 1.77. The van der Waals surface area contributed by atoms with Gasteiger partial charge in [-0.15, -0.1) is 0 Å². The van der Waals surface area contributed by atoms with Crippen molar-refractivity contribution in [3.63, 3.8) is 0 Å². The Hall–Kier alpha value is -0.170. The first-order chi connectivity index (χ1) is 7.33. The molecule has 1 aromatic heterocycles. The first-order valence-electron chi connectivity index (χ1n) is 4.96. The van der Waals surface area contributed by atoms with Crippen LogP contribution < -0.4 is 11.3 Å². The second kappa shape index (κ2) is 5.25. The van der Waals surface area contributed by atoms with Gasteiger partial charge in [0.15, 0.2) is 0 Å². The molecule has 6 heteroatoms. The standard InChI is InChI=1S/C9H16N4S2/c1-13-7(2-3-11-13)9(12-10)8-6-14-4-5-15-8/h2-3,8-9,12H,4-6,10H2,1H3. The molecule has 0 amide bonds. The molecule has 84 valence electrons. The van der Waals surface area contributed by atoms with E-state index in [1.165, 1.54) is 11.5 Å². The van der Waals surface area contributed by atoms with Crippen molar-refractivity contribution in [2.24, 2.45) is 12.9 Å². The van der Waals surface area contributed by atoms with Crippen molar-refractivity contribution in [3.8, 4) is 0 Å². The van der Waals surface area contributed by atoms with Gasteiger partial charge in [0, 0.05) is 35.8 Å². The van der Waals surface area contributed by atoms with Crippen LogP contribution in [-0.2, 0) is 7.05 Å². The molecule has 0 aliphatic carbocycles. The number of rotatable bonds is 3. The highest BCUT2D eigenvalue weighted by Gasteiger charge is 2.26. The van der Waals surface area contributed by atoms with Crippen molar-refractivity contribution in [1.29, 1.82) is 0 Å². The molecular weight excluding hydrogens is 228 g/mol. The normalized spacial score (nSPS) is 24.0. The summed E-state index contributed by atoms with van der Waals surface area (Å²) in [6, 6.07) is 2.24. The Morgan fingerprint density at radius 1 is 1.67 bits per heavy atom. The number of nitrogens with one attached hydrogen (secondary N) is 1. The van der Waals surface area contributed by atoms with E-state index < -0.39 is 0 Å². The van der Waals surface area contributed by atoms with E-state index in [4.69, 9.17) is 5.84 Å². The maximum Gasteiger partial charge on any atom is 0.0755 e. The van der Waals surface area contributed by atoms with Crippen molar-refractivity contribution in [2.45, 2.75) is 11.3 Å². The van der Waals surface area contributed by atoms with Crippen LogP contribution >= 0.6 is 23.5 Å². The molecule has 3 N–H and O–H groups in total. The zero-order chi connectivity index (χ0) is 10.7. The highest BCUT2D eigenvalue weighted by Crippen LogP contribution is 2.32. The molecule has 2 rings (SSSR count). The molecule has 2 atom stereocenters. The number of hydrogen-bond acceptors (Lipinski definition) is 5. The summed E-state index contributed by atoms with van der Waals surface area (Å²) >= 11 is 4.00. The Morgan fingerprint density at radius 2 is 2.53 bits per heavy atom. The number of nitrogens with zero attached hydrogens (tertiary/aromatic N) is 2. The third kappa shape index (κ3) is 2.50. The predicted molar refractivity (Wildman–Crippen MR) is 66.8 cm³/mol. The van der Waals surface area contributed by atoms with E-state index in [1.807, 2.05) is 47.5 Å². The molecule has 0 aromatic carbocycles. The summed E-state index contributed by atoms with van der Waals surface area (Å²) in [5.74, 6) is 9.27. The zero-order valence-corrected chi connectivity index (χ0v) is 10.4. The molecule has 1 saturated heterocycles. The fourth-order valence-corrected chi connectivity index (χ4v) is 4.61. The van der Waals surface area contributed by atoms with Crippen LogP contribution in [0.15, 0.2) is 12.3 Å². The van der Waals surface area contributed by atoms with Crippen LogP contribution in [0.3, 0.4) is 0 Å². The maximum absolute atomic E-state index is 5.65. The van der Waals surface area contributed by atoms with Crippen molar-refractivity contribution in [2.75, 3.05) is 17.3 Å². The molecule has 15 heavy (non-hydrogen) atoms. The van der Waals surface area contributed by atoms with E-state index in [-0.39, 0.29) is 6.04 Å². The fraction of sp³-hybridized carbons (Fsp3) is 0.667. The Labute approximate surface area is 98.3 Å². The van der Waals surface area contributed by atoms with Crippen LogP contribution in [0.4, 0.5) is 0 Å². The summed E-state index contributed by atoms with van der Waals surface area (Å²) in [5, 5.41) is 4.73. The van der Waals surface area contributed by atoms with Crippen LogP contribution in [0.1, 0.15) is 11.7 Å². The van der Waals surface area contributed by atoms with Gasteiger partial charge in [-0.05, 0) is 6.07 Å². The quantitative estimate of drug-likeness (QED) is 0.608. The highest BCUT2D eigenvalue weighted by molar-refractivity contribution is 8.06. The summed E-state index contributed by atoms with van der Waals surface area (Å²) in [6.45, 7) is 0. The van der Waals surface area contributed by atoms with Gasteiger partial charge in [0.05, 0.1) is 11.7 Å². The van der Waals surface area contributed by atoms with E-state index in [1.54, 1.807) is 0 Å². The maximum atomic E-state index is 5.65. The number of aryl methyl sites for hydroxylation is 1. The number of nitrogens with two attached hydrogens (primary N) is 1. The van der Waals surface area contributed by atoms with Gasteiger partial charge in [0.2, 0.25) is 0 Å². The van der Waals surface area contributed by atoms with Gasteiger partial charge in [-0.1, -0.05) is 0 Å². The van der Waals surface area contributed by atoms with E-state index in [2.05, 4.69) is 10.5 Å². The summed E-state index contributed by atoms with van der Waals surface area (Å²) in [6.07, 6.45) is 1.82. The van der Waals surface area contributed by atoms with Crippen LogP contribution in [0.5, 0.6) is 0 Å². The first-order valence-corrected chi connectivity index (χ1v) is 7.16. The summed E-state index contributed by atoms with van der Waals surface area (Å²) in [4.78, 5) is 0. The number of thioether (sulfide) groups is 2. The highest BCUT2D eigenvalue weighted by atomic mass is 32.2. The van der Waals surface area contributed by atoms with E-state index >= 15 is 0 Å². The van der Waals surface area contributed by atoms with Crippen LogP contribution in [0, 0.1) is 0 Å². The molecule has 1 fully saturated rings. The largest absolute Gasteiger partial charge is 0.271 e. The third-order valence-corrected chi connectivity index (χ3v) is 5.43. The molecule has 0 bridgehead atoms. The molecule has 0 spiro atoms. The molecule has 1 aliphatic heterocycles. The second-order valence-corrected chi connectivity index (χ2v) is 6.01. The molecule has 1 aliphatic rings. The van der Waals surface area contributed by atoms with Crippen molar-refractivity contribution >= 4 is 23.5 Å². The molecule has 0 saturated carbocycles. The van der Waals surface area contributed by atoms with Crippen molar-refractivity contribution in [1.82, 2.24) is 15.2 Å². The first kappa shape index (κ1) is 11.3. The van der Waals surface area contributed by atoms with Gasteiger partial charge in [0.25, 0.3) is 0 Å². The summed E-state index contributed by atoms with van der Waals surface area (Å²) in [7, 11) is 1.96. The third-order valence-electron chi connectivity index (χ3n) is 2.57. The lowest BCUT2D eigenvalue weighted by Crippen LogP contribution is -2.38. The lowest BCUT2D eigenvalue weighted by Gasteiger charge is -2.28. The van der Waals surface area contributed by atoms with Gasteiger partial charge in [-0.2, -0.15) is 28.6 Å².